The van der Waals surface area contributed by atoms with Crippen molar-refractivity contribution in [2.45, 2.75) is 51.6 Å². The SMILES string of the molecule is CC(C)(C)OC(=O)CSCCCC(F)(F)C(F)F. The van der Waals surface area contributed by atoms with Crippen molar-refractivity contribution < 1.29 is 27.1 Å². The van der Waals surface area contributed by atoms with Gasteiger partial charge in [0.25, 0.3) is 0 Å². The fourth-order valence-corrected chi connectivity index (χ4v) is 1.76. The summed E-state index contributed by atoms with van der Waals surface area (Å²) in [6.45, 7) is 5.16. The van der Waals surface area contributed by atoms with Gasteiger partial charge < -0.3 is 4.74 Å². The van der Waals surface area contributed by atoms with Gasteiger partial charge in [-0.3, -0.25) is 4.79 Å². The molecule has 0 spiro atoms. The Morgan fingerprint density at radius 2 is 1.83 bits per heavy atom. The summed E-state index contributed by atoms with van der Waals surface area (Å²) in [5.74, 6) is -4.11. The van der Waals surface area contributed by atoms with E-state index in [0.717, 1.165) is 11.8 Å². The van der Waals surface area contributed by atoms with E-state index in [1.165, 1.54) is 0 Å². The van der Waals surface area contributed by atoms with E-state index in [1.807, 2.05) is 0 Å². The van der Waals surface area contributed by atoms with Gasteiger partial charge in [0.1, 0.15) is 5.60 Å². The molecule has 18 heavy (non-hydrogen) atoms. The van der Waals surface area contributed by atoms with Crippen LogP contribution in [-0.4, -0.2) is 35.4 Å². The second-order valence-electron chi connectivity index (χ2n) is 4.80. The number of thioether (sulfide) groups is 1. The molecule has 0 aliphatic rings. The fraction of sp³-hybridized carbons (Fsp3) is 0.909. The molecule has 0 heterocycles. The molecule has 0 saturated heterocycles. The monoisotopic (exact) mass is 290 g/mol. The number of hydrogen-bond donors (Lipinski definition) is 0. The Morgan fingerprint density at radius 3 is 2.28 bits per heavy atom. The molecule has 0 aliphatic heterocycles. The minimum atomic E-state index is -3.94. The third kappa shape index (κ3) is 8.60. The molecular weight excluding hydrogens is 272 g/mol. The summed E-state index contributed by atoms with van der Waals surface area (Å²) >= 11 is 1.10. The van der Waals surface area contributed by atoms with Crippen molar-refractivity contribution in [2.75, 3.05) is 11.5 Å². The van der Waals surface area contributed by atoms with Gasteiger partial charge in [0.2, 0.25) is 0 Å². The predicted molar refractivity (Wildman–Crippen MR) is 63.4 cm³/mol. The van der Waals surface area contributed by atoms with Gasteiger partial charge in [-0.1, -0.05) is 0 Å². The Labute approximate surface area is 108 Å². The van der Waals surface area contributed by atoms with Crippen molar-refractivity contribution in [2.24, 2.45) is 0 Å². The lowest BCUT2D eigenvalue weighted by Crippen LogP contribution is -2.26. The van der Waals surface area contributed by atoms with Crippen LogP contribution in [0, 0.1) is 0 Å². The van der Waals surface area contributed by atoms with Crippen molar-refractivity contribution in [3.05, 3.63) is 0 Å². The molecule has 0 atom stereocenters. The van der Waals surface area contributed by atoms with Crippen LogP contribution in [0.5, 0.6) is 0 Å². The minimum Gasteiger partial charge on any atom is -0.459 e. The number of hydrogen-bond acceptors (Lipinski definition) is 3. The van der Waals surface area contributed by atoms with Crippen LogP contribution in [0.2, 0.25) is 0 Å². The lowest BCUT2D eigenvalue weighted by molar-refractivity contribution is -0.151. The van der Waals surface area contributed by atoms with Gasteiger partial charge in [-0.25, -0.2) is 17.6 Å². The maximum absolute atomic E-state index is 12.5. The van der Waals surface area contributed by atoms with Crippen LogP contribution in [0.1, 0.15) is 33.6 Å². The largest absolute Gasteiger partial charge is 0.459 e. The van der Waals surface area contributed by atoms with E-state index in [1.54, 1.807) is 20.8 Å². The smallest absolute Gasteiger partial charge is 0.316 e. The first kappa shape index (κ1) is 17.5. The molecular formula is C11H18F4O2S. The number of esters is 1. The molecule has 108 valence electrons. The van der Waals surface area contributed by atoms with E-state index >= 15 is 0 Å². The van der Waals surface area contributed by atoms with Crippen molar-refractivity contribution in [1.29, 1.82) is 0 Å². The van der Waals surface area contributed by atoms with Gasteiger partial charge in [-0.2, -0.15) is 11.8 Å². The zero-order valence-corrected chi connectivity index (χ0v) is 11.5. The third-order valence-corrected chi connectivity index (χ3v) is 2.78. The van der Waals surface area contributed by atoms with Crippen LogP contribution in [-0.2, 0) is 9.53 Å². The van der Waals surface area contributed by atoms with Crippen LogP contribution in [0.25, 0.3) is 0 Å². The molecule has 0 radical (unpaired) electrons. The number of alkyl halides is 4. The lowest BCUT2D eigenvalue weighted by Gasteiger charge is -2.19. The standard InChI is InChI=1S/C11H18F4O2S/c1-10(2,3)17-8(16)7-18-6-4-5-11(14,15)9(12)13/h9H,4-7H2,1-3H3. The van der Waals surface area contributed by atoms with Crippen molar-refractivity contribution in [3.63, 3.8) is 0 Å². The first-order valence-electron chi connectivity index (χ1n) is 5.50. The van der Waals surface area contributed by atoms with Crippen LogP contribution in [0.4, 0.5) is 17.6 Å². The molecule has 0 rings (SSSR count). The summed E-state index contributed by atoms with van der Waals surface area (Å²) in [6.07, 6.45) is -4.56. The Morgan fingerprint density at radius 1 is 1.28 bits per heavy atom. The predicted octanol–water partition coefficient (Wildman–Crippen LogP) is 3.74. The molecule has 0 aromatic heterocycles. The van der Waals surface area contributed by atoms with Crippen LogP contribution >= 0.6 is 11.8 Å². The molecule has 0 unspecified atom stereocenters. The number of carbonyl (C=O) groups excluding carboxylic acids is 1. The maximum atomic E-state index is 12.5. The zero-order valence-electron chi connectivity index (χ0n) is 10.6. The average molecular weight is 290 g/mol. The second kappa shape index (κ2) is 7.21. The number of ether oxygens (including phenoxy) is 1. The molecule has 0 aliphatic carbocycles. The topological polar surface area (TPSA) is 26.3 Å². The summed E-state index contributed by atoms with van der Waals surface area (Å²) in [5.41, 5.74) is -0.583. The molecule has 2 nitrogen and oxygen atoms in total. The highest BCUT2D eigenvalue weighted by atomic mass is 32.2. The van der Waals surface area contributed by atoms with E-state index in [9.17, 15) is 22.4 Å². The Kier molecular flexibility index (Phi) is 7.02. The average Bonchev–Trinajstić information content (AvgIpc) is 2.13. The van der Waals surface area contributed by atoms with E-state index in [-0.39, 0.29) is 17.9 Å². The highest BCUT2D eigenvalue weighted by Gasteiger charge is 2.39. The molecule has 0 amide bonds. The first-order chi connectivity index (χ1) is 8.04. The molecule has 0 bridgehead atoms. The minimum absolute atomic E-state index is 0.0392. The number of rotatable bonds is 7. The molecule has 7 heteroatoms. The van der Waals surface area contributed by atoms with E-state index in [2.05, 4.69) is 0 Å². The van der Waals surface area contributed by atoms with Gasteiger partial charge in [0, 0.05) is 6.42 Å². The molecule has 0 aromatic carbocycles. The summed E-state index contributed by atoms with van der Waals surface area (Å²) in [4.78, 5) is 11.2. The van der Waals surface area contributed by atoms with Gasteiger partial charge in [0.05, 0.1) is 5.75 Å². The zero-order chi connectivity index (χ0) is 14.4. The van der Waals surface area contributed by atoms with Crippen molar-refractivity contribution in [3.8, 4) is 0 Å². The summed E-state index contributed by atoms with van der Waals surface area (Å²) in [6, 6.07) is 0. The second-order valence-corrected chi connectivity index (χ2v) is 5.91. The van der Waals surface area contributed by atoms with Crippen molar-refractivity contribution in [1.82, 2.24) is 0 Å². The molecule has 0 N–H and O–H groups in total. The van der Waals surface area contributed by atoms with Gasteiger partial charge in [-0.15, -0.1) is 0 Å². The van der Waals surface area contributed by atoms with E-state index in [4.69, 9.17) is 4.74 Å². The summed E-state index contributed by atoms with van der Waals surface area (Å²) < 4.78 is 53.6. The summed E-state index contributed by atoms with van der Waals surface area (Å²) in [7, 11) is 0. The quantitative estimate of drug-likeness (QED) is 0.406. The Bertz CT molecular complexity index is 264. The lowest BCUT2D eigenvalue weighted by atomic mass is 10.2. The van der Waals surface area contributed by atoms with Crippen LogP contribution in [0.3, 0.4) is 0 Å². The maximum Gasteiger partial charge on any atom is 0.316 e. The van der Waals surface area contributed by atoms with E-state index in [0.29, 0.717) is 0 Å². The summed E-state index contributed by atoms with van der Waals surface area (Å²) in [5, 5.41) is 0. The fourth-order valence-electron chi connectivity index (χ4n) is 1.05. The Hall–Kier alpha value is -0.460. The molecule has 0 aromatic rings. The number of carbonyl (C=O) groups is 1. The first-order valence-corrected chi connectivity index (χ1v) is 6.65. The van der Waals surface area contributed by atoms with Gasteiger partial charge in [0.15, 0.2) is 0 Å². The van der Waals surface area contributed by atoms with Crippen LogP contribution in [0.15, 0.2) is 0 Å². The van der Waals surface area contributed by atoms with Crippen molar-refractivity contribution >= 4 is 17.7 Å². The normalized spacial score (nSPS) is 12.9. The highest BCUT2D eigenvalue weighted by molar-refractivity contribution is 7.99. The van der Waals surface area contributed by atoms with E-state index < -0.39 is 30.3 Å². The molecule has 0 saturated carbocycles. The highest BCUT2D eigenvalue weighted by Crippen LogP contribution is 2.28. The third-order valence-electron chi connectivity index (χ3n) is 1.76. The van der Waals surface area contributed by atoms with Gasteiger partial charge >= 0.3 is 18.3 Å². The number of halogens is 4. The van der Waals surface area contributed by atoms with Crippen LogP contribution < -0.4 is 0 Å². The van der Waals surface area contributed by atoms with Gasteiger partial charge in [-0.05, 0) is 32.9 Å². The Balaban J connectivity index is 3.67. The molecule has 0 fully saturated rings.